The molecule has 154 valence electrons. The molecule has 1 N–H and O–H groups in total. The van der Waals surface area contributed by atoms with E-state index in [9.17, 15) is 9.59 Å². The number of aryl methyl sites for hydroxylation is 1. The minimum absolute atomic E-state index is 0.0409. The Morgan fingerprint density at radius 1 is 0.900 bits per heavy atom. The fourth-order valence-corrected chi connectivity index (χ4v) is 3.80. The van der Waals surface area contributed by atoms with Gasteiger partial charge < -0.3 is 14.8 Å². The van der Waals surface area contributed by atoms with Gasteiger partial charge in [0, 0.05) is 22.8 Å². The molecule has 0 aliphatic carbocycles. The van der Waals surface area contributed by atoms with E-state index in [1.807, 2.05) is 60.7 Å². The predicted octanol–water partition coefficient (Wildman–Crippen LogP) is 5.05. The first-order valence-corrected chi connectivity index (χ1v) is 10.7. The fourth-order valence-electron chi connectivity index (χ4n) is 2.83. The molecule has 0 fully saturated rings. The Morgan fingerprint density at radius 2 is 1.60 bits per heavy atom. The van der Waals surface area contributed by atoms with E-state index in [0.29, 0.717) is 18.7 Å². The van der Waals surface area contributed by atoms with Crippen molar-refractivity contribution in [2.24, 2.45) is 0 Å². The van der Waals surface area contributed by atoms with Crippen molar-refractivity contribution in [3.05, 3.63) is 90.0 Å². The lowest BCUT2D eigenvalue weighted by molar-refractivity contribution is -0.123. The van der Waals surface area contributed by atoms with Crippen molar-refractivity contribution >= 4 is 23.5 Å². The van der Waals surface area contributed by atoms with Gasteiger partial charge in [-0.1, -0.05) is 60.3 Å². The maximum Gasteiger partial charge on any atom is 0.258 e. The summed E-state index contributed by atoms with van der Waals surface area (Å²) >= 11 is 1.68. The van der Waals surface area contributed by atoms with Gasteiger partial charge in [0.1, 0.15) is 11.5 Å². The first-order valence-electron chi connectivity index (χ1n) is 9.89. The smallest absolute Gasteiger partial charge is 0.258 e. The van der Waals surface area contributed by atoms with Gasteiger partial charge in [-0.25, -0.2) is 0 Å². The highest BCUT2D eigenvalue weighted by atomic mass is 32.2. The van der Waals surface area contributed by atoms with Crippen LogP contribution in [-0.2, 0) is 22.6 Å². The summed E-state index contributed by atoms with van der Waals surface area (Å²) in [5.41, 5.74) is 2.14. The minimum atomic E-state index is -0.171. The highest BCUT2D eigenvalue weighted by molar-refractivity contribution is 7.99. The van der Waals surface area contributed by atoms with E-state index in [0.717, 1.165) is 27.3 Å². The van der Waals surface area contributed by atoms with Gasteiger partial charge >= 0.3 is 0 Å². The summed E-state index contributed by atoms with van der Waals surface area (Å²) in [6.07, 6.45) is 1.25. The molecule has 0 spiro atoms. The Kier molecular flexibility index (Phi) is 8.10. The molecule has 3 rings (SSSR count). The van der Waals surface area contributed by atoms with Crippen LogP contribution >= 0.6 is 11.8 Å². The number of ketones is 1. The third kappa shape index (κ3) is 7.08. The van der Waals surface area contributed by atoms with Crippen LogP contribution in [0.5, 0.6) is 5.75 Å². The molecule has 0 aliphatic heterocycles. The number of rotatable bonds is 10. The number of benzene rings is 3. The monoisotopic (exact) mass is 419 g/mol. The van der Waals surface area contributed by atoms with E-state index in [-0.39, 0.29) is 18.3 Å². The Morgan fingerprint density at radius 3 is 2.33 bits per heavy atom. The van der Waals surface area contributed by atoms with Gasteiger partial charge in [-0.3, -0.25) is 4.79 Å². The molecule has 0 unspecified atom stereocenters. The summed E-state index contributed by atoms with van der Waals surface area (Å²) in [4.78, 5) is 25.6. The molecule has 0 bridgehead atoms. The van der Waals surface area contributed by atoms with Crippen molar-refractivity contribution in [1.82, 2.24) is 5.32 Å². The summed E-state index contributed by atoms with van der Waals surface area (Å²) in [6, 6.07) is 25.7. The highest BCUT2D eigenvalue weighted by Gasteiger charge is 2.07. The van der Waals surface area contributed by atoms with Crippen LogP contribution in [0.2, 0.25) is 0 Å². The standard InChI is InChI=1S/C25H25NO3S/c1-19(27)11-12-20-13-15-22(16-14-20)29-18-25(28)26-17-21-7-5-6-10-24(21)30-23-8-3-2-4-9-23/h2-10,13-16H,11-12,17-18H2,1H3,(H,26,28). The second-order valence-corrected chi connectivity index (χ2v) is 8.05. The third-order valence-corrected chi connectivity index (χ3v) is 5.60. The van der Waals surface area contributed by atoms with Crippen LogP contribution in [0.4, 0.5) is 0 Å². The zero-order valence-corrected chi connectivity index (χ0v) is 17.8. The molecule has 0 radical (unpaired) electrons. The van der Waals surface area contributed by atoms with Gasteiger partial charge in [0.05, 0.1) is 0 Å². The molecule has 3 aromatic carbocycles. The number of hydrogen-bond acceptors (Lipinski definition) is 4. The largest absolute Gasteiger partial charge is 0.484 e. The molecule has 3 aromatic rings. The van der Waals surface area contributed by atoms with Crippen molar-refractivity contribution in [2.75, 3.05) is 6.61 Å². The molecule has 0 aromatic heterocycles. The molecule has 0 saturated heterocycles. The van der Waals surface area contributed by atoms with Gasteiger partial charge in [0.15, 0.2) is 6.61 Å². The third-order valence-electron chi connectivity index (χ3n) is 4.48. The van der Waals surface area contributed by atoms with Crippen molar-refractivity contribution in [1.29, 1.82) is 0 Å². The van der Waals surface area contributed by atoms with Crippen LogP contribution in [0.1, 0.15) is 24.5 Å². The lowest BCUT2D eigenvalue weighted by Gasteiger charge is -2.11. The van der Waals surface area contributed by atoms with Crippen molar-refractivity contribution in [3.63, 3.8) is 0 Å². The average Bonchev–Trinajstić information content (AvgIpc) is 2.77. The molecule has 5 heteroatoms. The molecular formula is C25H25NO3S. The van der Waals surface area contributed by atoms with Crippen LogP contribution in [0, 0.1) is 0 Å². The predicted molar refractivity (Wildman–Crippen MR) is 120 cm³/mol. The number of carbonyl (C=O) groups is 2. The molecule has 0 aliphatic rings. The van der Waals surface area contributed by atoms with E-state index in [1.165, 1.54) is 0 Å². The van der Waals surface area contributed by atoms with E-state index in [1.54, 1.807) is 18.7 Å². The molecule has 30 heavy (non-hydrogen) atoms. The molecule has 0 atom stereocenters. The van der Waals surface area contributed by atoms with Crippen LogP contribution in [0.25, 0.3) is 0 Å². The summed E-state index contributed by atoms with van der Waals surface area (Å²) < 4.78 is 5.58. The molecule has 0 heterocycles. The first-order chi connectivity index (χ1) is 14.6. The SMILES string of the molecule is CC(=O)CCc1ccc(OCC(=O)NCc2ccccc2Sc2ccccc2)cc1. The normalized spacial score (nSPS) is 10.4. The van der Waals surface area contributed by atoms with Gasteiger partial charge in [0.2, 0.25) is 0 Å². The summed E-state index contributed by atoms with van der Waals surface area (Å²) in [5, 5.41) is 2.92. The molecule has 1 amide bonds. The Hall–Kier alpha value is -3.05. The number of carbonyl (C=O) groups excluding carboxylic acids is 2. The lowest BCUT2D eigenvalue weighted by atomic mass is 10.1. The zero-order chi connectivity index (χ0) is 21.2. The second kappa shape index (κ2) is 11.2. The zero-order valence-electron chi connectivity index (χ0n) is 17.0. The highest BCUT2D eigenvalue weighted by Crippen LogP contribution is 2.30. The van der Waals surface area contributed by atoms with Gasteiger partial charge in [-0.2, -0.15) is 0 Å². The topological polar surface area (TPSA) is 55.4 Å². The number of nitrogens with one attached hydrogen (secondary N) is 1. The van der Waals surface area contributed by atoms with Gasteiger partial charge in [-0.15, -0.1) is 0 Å². The maximum atomic E-state index is 12.2. The van der Waals surface area contributed by atoms with Crippen molar-refractivity contribution in [2.45, 2.75) is 36.1 Å². The quantitative estimate of drug-likeness (QED) is 0.499. The van der Waals surface area contributed by atoms with E-state index >= 15 is 0 Å². The molecule has 0 saturated carbocycles. The lowest BCUT2D eigenvalue weighted by Crippen LogP contribution is -2.28. The van der Waals surface area contributed by atoms with E-state index in [2.05, 4.69) is 23.5 Å². The maximum absolute atomic E-state index is 12.2. The first kappa shape index (κ1) is 21.7. The second-order valence-electron chi connectivity index (χ2n) is 6.93. The van der Waals surface area contributed by atoms with E-state index in [4.69, 9.17) is 4.74 Å². The Balaban J connectivity index is 1.47. The number of ether oxygens (including phenoxy) is 1. The minimum Gasteiger partial charge on any atom is -0.484 e. The summed E-state index contributed by atoms with van der Waals surface area (Å²) in [5.74, 6) is 0.641. The van der Waals surface area contributed by atoms with E-state index < -0.39 is 0 Å². The van der Waals surface area contributed by atoms with Crippen molar-refractivity contribution < 1.29 is 14.3 Å². The number of Topliss-reactive ketones (excluding diaryl/α,β-unsaturated/α-hetero) is 1. The van der Waals surface area contributed by atoms with Gasteiger partial charge in [-0.05, 0) is 54.8 Å². The van der Waals surface area contributed by atoms with Crippen LogP contribution in [0.15, 0.2) is 88.7 Å². The summed E-state index contributed by atoms with van der Waals surface area (Å²) in [7, 11) is 0. The Bertz CT molecular complexity index is 971. The summed E-state index contributed by atoms with van der Waals surface area (Å²) in [6.45, 7) is 2.00. The van der Waals surface area contributed by atoms with Crippen molar-refractivity contribution in [3.8, 4) is 5.75 Å². The fraction of sp³-hybridized carbons (Fsp3) is 0.200. The van der Waals surface area contributed by atoms with Crippen LogP contribution < -0.4 is 10.1 Å². The molecule has 4 nitrogen and oxygen atoms in total. The van der Waals surface area contributed by atoms with Gasteiger partial charge in [0.25, 0.3) is 5.91 Å². The van der Waals surface area contributed by atoms with Crippen LogP contribution in [0.3, 0.4) is 0 Å². The Labute approximate surface area is 181 Å². The van der Waals surface area contributed by atoms with Crippen LogP contribution in [-0.4, -0.2) is 18.3 Å². The number of amides is 1. The molecular weight excluding hydrogens is 394 g/mol. The number of hydrogen-bond donors (Lipinski definition) is 1. The average molecular weight is 420 g/mol.